The van der Waals surface area contributed by atoms with E-state index >= 15 is 0 Å². The summed E-state index contributed by atoms with van der Waals surface area (Å²) in [7, 11) is 0. The molecule has 0 saturated heterocycles. The van der Waals surface area contributed by atoms with Crippen LogP contribution in [0.4, 0.5) is 0 Å². The SMILES string of the molecule is c1ccc(-n2c3ccccc3c3c(-c4cccc5c6ccccc6n(-c6ccc(-c7ccc(-c8ccc9oc%10c(-c%11cc(-c%12cccc%13c%12c%12ccccc%12n%13-c%12ccccc%12)c%12c(c%11)c%11ccccc%11n%12-c%11ccc(-c%12ccc(-c%13cccc%14c%13oc%13ccccc%13%14)cc%12)cc%11)cccc%10c9c8)cc7)cc6)c45)cccc32)cc1. The molecule has 0 unspecified atom stereocenters. The first kappa shape index (κ1) is 63.7. The van der Waals surface area contributed by atoms with Crippen molar-refractivity contribution in [3.63, 3.8) is 0 Å². The second-order valence-electron chi connectivity index (χ2n) is 30.1. The maximum absolute atomic E-state index is 7.16. The van der Waals surface area contributed by atoms with Gasteiger partial charge < -0.3 is 27.1 Å². The van der Waals surface area contributed by atoms with Gasteiger partial charge in [-0.25, -0.2) is 0 Å². The molecule has 0 atom stereocenters. The summed E-state index contributed by atoms with van der Waals surface area (Å²) >= 11 is 0. The van der Waals surface area contributed by atoms with E-state index in [-0.39, 0.29) is 0 Å². The van der Waals surface area contributed by atoms with Gasteiger partial charge in [0.15, 0.2) is 0 Å². The molecule has 6 nitrogen and oxygen atoms in total. The van der Waals surface area contributed by atoms with E-state index in [4.69, 9.17) is 8.83 Å². The Balaban J connectivity index is 0.597. The van der Waals surface area contributed by atoms with Crippen LogP contribution in [0.5, 0.6) is 0 Å². The second kappa shape index (κ2) is 25.2. The number of rotatable bonds is 11. The van der Waals surface area contributed by atoms with Crippen LogP contribution in [-0.4, -0.2) is 18.3 Å². The monoisotopic (exact) mass is 1450 g/mol. The maximum atomic E-state index is 7.16. The zero-order valence-corrected chi connectivity index (χ0v) is 61.7. The van der Waals surface area contributed by atoms with Gasteiger partial charge >= 0.3 is 0 Å². The largest absolute Gasteiger partial charge is 0.455 e. The van der Waals surface area contributed by atoms with Gasteiger partial charge in [-0.2, -0.15) is 0 Å². The van der Waals surface area contributed by atoms with Crippen molar-refractivity contribution in [2.24, 2.45) is 0 Å². The van der Waals surface area contributed by atoms with Crippen LogP contribution in [0.2, 0.25) is 0 Å². The van der Waals surface area contributed by atoms with Crippen molar-refractivity contribution in [2.45, 2.75) is 0 Å². The highest BCUT2D eigenvalue weighted by atomic mass is 16.3. The van der Waals surface area contributed by atoms with E-state index in [0.717, 1.165) is 161 Å². The summed E-state index contributed by atoms with van der Waals surface area (Å²) in [6.45, 7) is 0. The number of hydrogen-bond acceptors (Lipinski definition) is 2. The van der Waals surface area contributed by atoms with Crippen LogP contribution in [0, 0.1) is 0 Å². The van der Waals surface area contributed by atoms with Gasteiger partial charge in [-0.1, -0.05) is 285 Å². The summed E-state index contributed by atoms with van der Waals surface area (Å²) in [5.74, 6) is 0. The molecule has 0 aliphatic heterocycles. The number of para-hydroxylation sites is 10. The molecule has 18 aromatic carbocycles. The van der Waals surface area contributed by atoms with E-state index in [2.05, 4.69) is 407 Å². The minimum Gasteiger partial charge on any atom is -0.455 e. The standard InChI is InChI=1S/C108H66N4O2/c1-3-22-75(23-4-1)109-97-41-14-9-29-90(97)103-84(33-20-43-99(103)109)87-36-19-35-86-81-26-7-12-39-95(81)111(105(86)87)77-59-54-69(55-60-77)67-46-48-71(49-47-67)73-58-63-102-92(64-73)89-38-18-32-80(108(89)114-102)74-65-93-82-27-8-13-40-96(82)112(106(93)94(66-74)85-34-21-44-100-104(85)91-30-10-15-42-98(91)110(100)76-24-5-2-6-25-76)78-61-56-70(57-62-78)68-50-52-72(53-51-68)79-31-17-37-88-83-28-11-16-45-101(83)113-107(79)88/h1-66H. The van der Waals surface area contributed by atoms with E-state index in [0.29, 0.717) is 0 Å². The van der Waals surface area contributed by atoms with Gasteiger partial charge in [-0.3, -0.25) is 0 Å². The fourth-order valence-corrected chi connectivity index (χ4v) is 18.9. The van der Waals surface area contributed by atoms with Crippen LogP contribution in [0.1, 0.15) is 0 Å². The van der Waals surface area contributed by atoms with Gasteiger partial charge in [-0.15, -0.1) is 0 Å². The lowest BCUT2D eigenvalue weighted by molar-refractivity contribution is 0.669. The maximum Gasteiger partial charge on any atom is 0.143 e. The number of nitrogens with zero attached hydrogens (tertiary/aromatic N) is 4. The Hall–Kier alpha value is -15.2. The van der Waals surface area contributed by atoms with Crippen LogP contribution in [0.15, 0.2) is 409 Å². The fourth-order valence-electron chi connectivity index (χ4n) is 18.9. The summed E-state index contributed by atoms with van der Waals surface area (Å²) in [5, 5.41) is 14.0. The molecule has 6 heterocycles. The first-order chi connectivity index (χ1) is 56.6. The lowest BCUT2D eigenvalue weighted by Crippen LogP contribution is -1.97. The minimum absolute atomic E-state index is 0.845. The smallest absolute Gasteiger partial charge is 0.143 e. The number of furan rings is 2. The van der Waals surface area contributed by atoms with E-state index < -0.39 is 0 Å². The molecule has 0 saturated carbocycles. The third-order valence-corrected chi connectivity index (χ3v) is 24.0. The third-order valence-electron chi connectivity index (χ3n) is 24.0. The van der Waals surface area contributed by atoms with E-state index in [1.165, 1.54) is 70.9 Å². The van der Waals surface area contributed by atoms with Gasteiger partial charge in [0.1, 0.15) is 22.3 Å². The van der Waals surface area contributed by atoms with Crippen molar-refractivity contribution in [2.75, 3.05) is 0 Å². The topological polar surface area (TPSA) is 46.0 Å². The van der Waals surface area contributed by atoms with Crippen molar-refractivity contribution in [1.29, 1.82) is 0 Å². The Bertz CT molecular complexity index is 8050. The van der Waals surface area contributed by atoms with Crippen LogP contribution in [0.3, 0.4) is 0 Å². The Morgan fingerprint density at radius 3 is 1.04 bits per heavy atom. The molecule has 0 aliphatic carbocycles. The lowest BCUT2D eigenvalue weighted by Gasteiger charge is -2.16. The third kappa shape index (κ3) is 9.68. The van der Waals surface area contributed by atoms with Crippen molar-refractivity contribution in [3.05, 3.63) is 400 Å². The van der Waals surface area contributed by atoms with E-state index in [1.807, 2.05) is 12.1 Å². The molecule has 24 aromatic rings. The Morgan fingerprint density at radius 2 is 0.491 bits per heavy atom. The fraction of sp³-hybridized carbons (Fsp3) is 0. The van der Waals surface area contributed by atoms with Crippen molar-refractivity contribution in [3.8, 4) is 101 Å². The number of hydrogen-bond donors (Lipinski definition) is 0. The van der Waals surface area contributed by atoms with Gasteiger partial charge in [0, 0.05) is 110 Å². The minimum atomic E-state index is 0.845. The summed E-state index contributed by atoms with van der Waals surface area (Å²) in [4.78, 5) is 0. The molecule has 0 N–H and O–H groups in total. The predicted molar refractivity (Wildman–Crippen MR) is 476 cm³/mol. The Kier molecular flexibility index (Phi) is 14.0. The first-order valence-corrected chi connectivity index (χ1v) is 39.1. The average molecular weight is 1450 g/mol. The van der Waals surface area contributed by atoms with Crippen LogP contribution in [0.25, 0.3) is 232 Å². The number of aromatic nitrogens is 4. The second-order valence-corrected chi connectivity index (χ2v) is 30.1. The van der Waals surface area contributed by atoms with E-state index in [9.17, 15) is 0 Å². The lowest BCUT2D eigenvalue weighted by atomic mass is 9.92. The number of benzene rings is 18. The quantitative estimate of drug-likeness (QED) is 0.130. The zero-order valence-electron chi connectivity index (χ0n) is 61.7. The highest BCUT2D eigenvalue weighted by Gasteiger charge is 2.27. The molecule has 6 heteroatoms. The van der Waals surface area contributed by atoms with E-state index in [1.54, 1.807) is 0 Å². The summed E-state index contributed by atoms with van der Waals surface area (Å²) in [6, 6.07) is 146. The zero-order chi connectivity index (χ0) is 74.6. The van der Waals surface area contributed by atoms with Gasteiger partial charge in [0.25, 0.3) is 0 Å². The van der Waals surface area contributed by atoms with Crippen LogP contribution in [-0.2, 0) is 0 Å². The van der Waals surface area contributed by atoms with Crippen molar-refractivity contribution < 1.29 is 8.83 Å². The highest BCUT2D eigenvalue weighted by molar-refractivity contribution is 6.24. The molecule has 0 bridgehead atoms. The highest BCUT2D eigenvalue weighted by Crippen LogP contribution is 2.50. The molecule has 0 aliphatic rings. The molecule has 0 amide bonds. The van der Waals surface area contributed by atoms with Crippen LogP contribution >= 0.6 is 0 Å². The molecule has 0 spiro atoms. The van der Waals surface area contributed by atoms with Crippen molar-refractivity contribution in [1.82, 2.24) is 18.3 Å². The molecule has 6 aromatic heterocycles. The van der Waals surface area contributed by atoms with Crippen molar-refractivity contribution >= 4 is 131 Å². The van der Waals surface area contributed by atoms with Gasteiger partial charge in [0.2, 0.25) is 0 Å². The predicted octanol–water partition coefficient (Wildman–Crippen LogP) is 29.5. The van der Waals surface area contributed by atoms with Crippen LogP contribution < -0.4 is 0 Å². The first-order valence-electron chi connectivity index (χ1n) is 39.1. The summed E-state index contributed by atoms with van der Waals surface area (Å²) < 4.78 is 23.4. The molecule has 0 radical (unpaired) electrons. The summed E-state index contributed by atoms with van der Waals surface area (Å²) in [6.07, 6.45) is 0. The molecule has 0 fully saturated rings. The number of fused-ring (bicyclic) bond motifs is 18. The Morgan fingerprint density at radius 1 is 0.158 bits per heavy atom. The van der Waals surface area contributed by atoms with Gasteiger partial charge in [-0.05, 0) is 171 Å². The molecular formula is C108H66N4O2. The summed E-state index contributed by atoms with van der Waals surface area (Å²) in [5.41, 5.74) is 33.1. The normalized spacial score (nSPS) is 12.0. The van der Waals surface area contributed by atoms with Gasteiger partial charge in [0.05, 0.1) is 44.1 Å². The molecule has 114 heavy (non-hydrogen) atoms. The molecule has 24 rings (SSSR count). The molecule has 530 valence electrons. The average Bonchev–Trinajstić information content (AvgIpc) is 1.55. The molecular weight excluding hydrogens is 1390 g/mol. The Labute approximate surface area is 655 Å².